The van der Waals surface area contributed by atoms with Gasteiger partial charge in [0.15, 0.2) is 0 Å². The summed E-state index contributed by atoms with van der Waals surface area (Å²) in [5.41, 5.74) is -0.597. The van der Waals surface area contributed by atoms with Gasteiger partial charge < -0.3 is 62.3 Å². The van der Waals surface area contributed by atoms with Gasteiger partial charge in [0.05, 0.1) is 118 Å². The third-order valence-corrected chi connectivity index (χ3v) is 5.18. The van der Waals surface area contributed by atoms with Crippen molar-refractivity contribution in [1.82, 2.24) is 0 Å². The van der Waals surface area contributed by atoms with Crippen molar-refractivity contribution < 1.29 is 81.5 Å². The second-order valence-corrected chi connectivity index (χ2v) is 8.81. The van der Waals surface area contributed by atoms with E-state index >= 15 is 0 Å². The van der Waals surface area contributed by atoms with Crippen LogP contribution in [0.3, 0.4) is 0 Å². The minimum Gasteiger partial charge on any atom is -0.478 e. The van der Waals surface area contributed by atoms with Crippen molar-refractivity contribution in [3.8, 4) is 0 Å². The number of esters is 2. The molecule has 1 unspecified atom stereocenters. The molecule has 0 aliphatic rings. The molecular formula is C31H52O17. The van der Waals surface area contributed by atoms with Gasteiger partial charge in [-0.15, -0.1) is 0 Å². The SMILES string of the molecule is C=C(C(=O)O)C(=O)OCC.C=CC(=O)OCCOCCOCCOCCOCCOCCOCCOCCOC(COC)C(=C)C(=O)O. The first-order chi connectivity index (χ1) is 23.1. The molecule has 278 valence electrons. The summed E-state index contributed by atoms with van der Waals surface area (Å²) in [7, 11) is 1.46. The van der Waals surface area contributed by atoms with E-state index in [1.54, 1.807) is 6.92 Å². The highest BCUT2D eigenvalue weighted by Gasteiger charge is 2.19. The number of carbonyl (C=O) groups excluding carboxylic acids is 2. The lowest BCUT2D eigenvalue weighted by atomic mass is 10.2. The Labute approximate surface area is 281 Å². The Bertz CT molecular complexity index is 892. The van der Waals surface area contributed by atoms with Crippen LogP contribution in [0.4, 0.5) is 0 Å². The average molecular weight is 697 g/mol. The molecule has 0 heterocycles. The van der Waals surface area contributed by atoms with Crippen molar-refractivity contribution in [2.24, 2.45) is 0 Å². The molecule has 17 heteroatoms. The molecule has 0 radical (unpaired) electrons. The predicted octanol–water partition coefficient (Wildman–Crippen LogP) is 0.695. The standard InChI is InChI=1S/C25H44O13.C6H8O4/c1-4-24(26)38-20-18-36-16-14-34-12-10-32-8-6-30-5-7-31-9-11-33-13-15-35-17-19-37-23(21-29-3)22(2)25(27)28;1-3-10-6(9)4(2)5(7)8/h4,23H,1-2,5-21H2,3H3,(H,27,28);2-3H2,1H3,(H,7,8). The van der Waals surface area contributed by atoms with Crippen molar-refractivity contribution in [2.45, 2.75) is 13.0 Å². The molecule has 0 aliphatic heterocycles. The van der Waals surface area contributed by atoms with Crippen LogP contribution in [0.1, 0.15) is 6.92 Å². The van der Waals surface area contributed by atoms with Gasteiger partial charge in [-0.3, -0.25) is 0 Å². The monoisotopic (exact) mass is 696 g/mol. The molecule has 0 bridgehead atoms. The minimum atomic E-state index is -1.35. The first kappa shape index (κ1) is 46.9. The number of rotatable bonds is 33. The van der Waals surface area contributed by atoms with E-state index < -0.39 is 35.6 Å². The highest BCUT2D eigenvalue weighted by atomic mass is 16.6. The fourth-order valence-electron chi connectivity index (χ4n) is 2.77. The van der Waals surface area contributed by atoms with Crippen molar-refractivity contribution >= 4 is 23.9 Å². The third-order valence-electron chi connectivity index (χ3n) is 5.18. The van der Waals surface area contributed by atoms with E-state index in [1.807, 2.05) is 0 Å². The summed E-state index contributed by atoms with van der Waals surface area (Å²) in [6.07, 6.45) is 0.394. The number of methoxy groups -OCH3 is 1. The van der Waals surface area contributed by atoms with Gasteiger partial charge in [0.1, 0.15) is 18.3 Å². The Morgan fingerprint density at radius 3 is 1.29 bits per heavy atom. The van der Waals surface area contributed by atoms with Crippen molar-refractivity contribution in [3.05, 3.63) is 37.0 Å². The fraction of sp³-hybridized carbons (Fsp3) is 0.677. The van der Waals surface area contributed by atoms with E-state index in [4.69, 9.17) is 57.6 Å². The lowest BCUT2D eigenvalue weighted by molar-refractivity contribution is -0.144. The van der Waals surface area contributed by atoms with E-state index in [-0.39, 0.29) is 32.0 Å². The maximum atomic E-state index is 10.9. The Morgan fingerprint density at radius 2 is 0.979 bits per heavy atom. The van der Waals surface area contributed by atoms with Crippen LogP contribution in [0, 0.1) is 0 Å². The molecule has 2 N–H and O–H groups in total. The number of hydrogen-bond acceptors (Lipinski definition) is 15. The lowest BCUT2D eigenvalue weighted by Gasteiger charge is -2.17. The van der Waals surface area contributed by atoms with Crippen LogP contribution in [-0.4, -0.2) is 166 Å². The Hall–Kier alpha value is -3.26. The summed E-state index contributed by atoms with van der Waals surface area (Å²) < 4.78 is 57.1. The predicted molar refractivity (Wildman–Crippen MR) is 169 cm³/mol. The molecular weight excluding hydrogens is 644 g/mol. The Kier molecular flexibility index (Phi) is 34.2. The quantitative estimate of drug-likeness (QED) is 0.0318. The number of carbonyl (C=O) groups is 4. The van der Waals surface area contributed by atoms with Crippen LogP contribution in [-0.2, 0) is 71.3 Å². The summed E-state index contributed by atoms with van der Waals surface area (Å²) in [5.74, 6) is -3.82. The van der Waals surface area contributed by atoms with Gasteiger partial charge in [0.25, 0.3) is 0 Å². The zero-order valence-corrected chi connectivity index (χ0v) is 28.0. The van der Waals surface area contributed by atoms with Gasteiger partial charge in [-0.2, -0.15) is 0 Å². The van der Waals surface area contributed by atoms with Crippen LogP contribution in [0.5, 0.6) is 0 Å². The van der Waals surface area contributed by atoms with E-state index in [9.17, 15) is 19.2 Å². The van der Waals surface area contributed by atoms with Gasteiger partial charge in [-0.05, 0) is 6.92 Å². The van der Waals surface area contributed by atoms with E-state index in [0.29, 0.717) is 92.5 Å². The van der Waals surface area contributed by atoms with E-state index in [1.165, 1.54) is 7.11 Å². The van der Waals surface area contributed by atoms with Crippen LogP contribution < -0.4 is 0 Å². The number of carboxylic acid groups (broad SMARTS) is 2. The maximum Gasteiger partial charge on any atom is 0.344 e. The second kappa shape index (κ2) is 35.1. The number of hydrogen-bond donors (Lipinski definition) is 2. The molecule has 1 atom stereocenters. The highest BCUT2D eigenvalue weighted by molar-refractivity contribution is 6.12. The molecule has 48 heavy (non-hydrogen) atoms. The minimum absolute atomic E-state index is 0.0574. The van der Waals surface area contributed by atoms with Crippen LogP contribution >= 0.6 is 0 Å². The van der Waals surface area contributed by atoms with Gasteiger partial charge in [-0.25, -0.2) is 19.2 Å². The van der Waals surface area contributed by atoms with Crippen molar-refractivity contribution in [3.63, 3.8) is 0 Å². The summed E-state index contributed by atoms with van der Waals surface area (Å²) in [5, 5.41) is 17.1. The Balaban J connectivity index is 0. The van der Waals surface area contributed by atoms with Gasteiger partial charge in [-0.1, -0.05) is 19.7 Å². The zero-order valence-electron chi connectivity index (χ0n) is 28.0. The first-order valence-electron chi connectivity index (χ1n) is 15.1. The topological polar surface area (TPSA) is 210 Å². The number of aliphatic carboxylic acids is 2. The first-order valence-corrected chi connectivity index (χ1v) is 15.1. The normalized spacial score (nSPS) is 11.1. The zero-order chi connectivity index (χ0) is 36.3. The largest absolute Gasteiger partial charge is 0.478 e. The molecule has 0 aromatic heterocycles. The number of carboxylic acids is 2. The van der Waals surface area contributed by atoms with Crippen LogP contribution in [0.15, 0.2) is 37.0 Å². The molecule has 0 amide bonds. The molecule has 0 saturated carbocycles. The van der Waals surface area contributed by atoms with Gasteiger partial charge in [0, 0.05) is 13.2 Å². The summed E-state index contributed by atoms with van der Waals surface area (Å²) in [4.78, 5) is 42.3. The highest BCUT2D eigenvalue weighted by Crippen LogP contribution is 2.05. The van der Waals surface area contributed by atoms with Gasteiger partial charge >= 0.3 is 23.9 Å². The third kappa shape index (κ3) is 31.3. The van der Waals surface area contributed by atoms with Crippen molar-refractivity contribution in [2.75, 3.05) is 126 Å². The van der Waals surface area contributed by atoms with Crippen LogP contribution in [0.2, 0.25) is 0 Å². The Morgan fingerprint density at radius 1 is 0.604 bits per heavy atom. The molecule has 0 aromatic carbocycles. The molecule has 0 aromatic rings. The lowest BCUT2D eigenvalue weighted by Crippen LogP contribution is -2.27. The summed E-state index contributed by atoms with van der Waals surface area (Å²) >= 11 is 0. The maximum absolute atomic E-state index is 10.9. The summed E-state index contributed by atoms with van der Waals surface area (Å²) in [6.45, 7) is 17.9. The molecule has 17 nitrogen and oxygen atoms in total. The molecule has 0 rings (SSSR count). The second-order valence-electron chi connectivity index (χ2n) is 8.81. The van der Waals surface area contributed by atoms with Gasteiger partial charge in [0.2, 0.25) is 0 Å². The van der Waals surface area contributed by atoms with Crippen molar-refractivity contribution in [1.29, 1.82) is 0 Å². The molecule has 0 saturated heterocycles. The fourth-order valence-corrected chi connectivity index (χ4v) is 2.77. The van der Waals surface area contributed by atoms with Crippen LogP contribution in [0.25, 0.3) is 0 Å². The molecule has 0 aliphatic carbocycles. The average Bonchev–Trinajstić information content (AvgIpc) is 3.07. The molecule has 0 spiro atoms. The smallest absolute Gasteiger partial charge is 0.344 e. The number of ether oxygens (including phenoxy) is 11. The van der Waals surface area contributed by atoms with E-state index in [2.05, 4.69) is 24.5 Å². The summed E-state index contributed by atoms with van der Waals surface area (Å²) in [6, 6.07) is 0. The van der Waals surface area contributed by atoms with E-state index in [0.717, 1.165) is 6.08 Å². The molecule has 0 fully saturated rings.